The highest BCUT2D eigenvalue weighted by molar-refractivity contribution is 6.27. The Bertz CT molecular complexity index is 2400. The zero-order chi connectivity index (χ0) is 28.7. The van der Waals surface area contributed by atoms with Gasteiger partial charge in [0, 0.05) is 22.9 Å². The first-order valence-corrected chi connectivity index (χ1v) is 15.3. The van der Waals surface area contributed by atoms with Crippen LogP contribution in [-0.4, -0.2) is 0 Å². The molecule has 0 amide bonds. The number of hydrogen-bond donors (Lipinski definition) is 0. The molecule has 1 aliphatic rings. The van der Waals surface area contributed by atoms with Gasteiger partial charge in [0.1, 0.15) is 11.3 Å². The molecule has 0 saturated heterocycles. The summed E-state index contributed by atoms with van der Waals surface area (Å²) in [6.45, 7) is 4.49. The van der Waals surface area contributed by atoms with Crippen molar-refractivity contribution >= 4 is 60.1 Å². The summed E-state index contributed by atoms with van der Waals surface area (Å²) in [5.74, 6) is 1.11. The van der Waals surface area contributed by atoms with Gasteiger partial charge in [-0.2, -0.15) is 0 Å². The maximum absolute atomic E-state index is 6.62. The summed E-state index contributed by atoms with van der Waals surface area (Å²) in [5.41, 5.74) is 9.91. The molecule has 0 N–H and O–H groups in total. The third kappa shape index (κ3) is 3.46. The molecule has 0 bridgehead atoms. The molecule has 43 heavy (non-hydrogen) atoms. The van der Waals surface area contributed by atoms with E-state index in [1.54, 1.807) is 0 Å². The normalized spacial score (nSPS) is 13.1. The van der Waals surface area contributed by atoms with Gasteiger partial charge in [0.05, 0.1) is 0 Å². The summed E-state index contributed by atoms with van der Waals surface area (Å²) in [4.78, 5) is 0. The number of benzene rings is 7. The predicted molar refractivity (Wildman–Crippen MR) is 184 cm³/mol. The van der Waals surface area contributed by atoms with Crippen molar-refractivity contribution in [1.29, 1.82) is 0 Å². The van der Waals surface area contributed by atoms with E-state index in [9.17, 15) is 0 Å². The maximum Gasteiger partial charge on any atom is 0.138 e. The Kier molecular flexibility index (Phi) is 5.22. The fourth-order valence-corrected chi connectivity index (χ4v) is 7.70. The number of furan rings is 1. The summed E-state index contributed by atoms with van der Waals surface area (Å²) in [6, 6.07) is 40.3. The van der Waals surface area contributed by atoms with Gasteiger partial charge in [-0.25, -0.2) is 0 Å². The molecule has 1 heterocycles. The van der Waals surface area contributed by atoms with Gasteiger partial charge in [-0.3, -0.25) is 0 Å². The van der Waals surface area contributed by atoms with Crippen LogP contribution in [0, 0.1) is 13.8 Å². The van der Waals surface area contributed by atoms with Gasteiger partial charge in [-0.1, -0.05) is 109 Å². The summed E-state index contributed by atoms with van der Waals surface area (Å²) >= 11 is 0. The van der Waals surface area contributed by atoms with Gasteiger partial charge in [0.25, 0.3) is 0 Å². The second-order valence-corrected chi connectivity index (χ2v) is 12.0. The van der Waals surface area contributed by atoms with Crippen molar-refractivity contribution in [3.8, 4) is 22.3 Å². The van der Waals surface area contributed by atoms with Crippen LogP contribution >= 0.6 is 0 Å². The largest absolute Gasteiger partial charge is 0.460 e. The average Bonchev–Trinajstić information content (AvgIpc) is 3.43. The topological polar surface area (TPSA) is 13.1 Å². The molecule has 0 radical (unpaired) electrons. The van der Waals surface area contributed by atoms with Crippen LogP contribution in [0.15, 0.2) is 120 Å². The lowest BCUT2D eigenvalue weighted by molar-refractivity contribution is 0.545. The molecule has 0 spiro atoms. The van der Waals surface area contributed by atoms with Gasteiger partial charge >= 0.3 is 0 Å². The van der Waals surface area contributed by atoms with Crippen LogP contribution in [0.1, 0.15) is 28.9 Å². The van der Waals surface area contributed by atoms with Crippen molar-refractivity contribution in [2.24, 2.45) is 0 Å². The van der Waals surface area contributed by atoms with E-state index >= 15 is 0 Å². The van der Waals surface area contributed by atoms with Crippen LogP contribution in [0.4, 0.5) is 0 Å². The fraction of sp³-hybridized carbons (Fsp3) is 0.0952. The Balaban J connectivity index is 1.52. The third-order valence-electron chi connectivity index (χ3n) is 9.56. The second kappa shape index (κ2) is 9.18. The Labute approximate surface area is 250 Å². The second-order valence-electron chi connectivity index (χ2n) is 12.0. The highest BCUT2D eigenvalue weighted by Gasteiger charge is 2.23. The smallest absolute Gasteiger partial charge is 0.138 e. The molecule has 0 aliphatic heterocycles. The number of allylic oxidation sites excluding steroid dienone is 1. The van der Waals surface area contributed by atoms with Gasteiger partial charge in [-0.05, 0) is 103 Å². The molecule has 0 unspecified atom stereocenters. The Morgan fingerprint density at radius 3 is 1.98 bits per heavy atom. The maximum atomic E-state index is 6.62. The first kappa shape index (κ1) is 24.5. The van der Waals surface area contributed by atoms with E-state index in [1.807, 2.05) is 0 Å². The first-order valence-electron chi connectivity index (χ1n) is 15.3. The molecule has 1 aromatic heterocycles. The molecular formula is C42H30O. The predicted octanol–water partition coefficient (Wildman–Crippen LogP) is 12.0. The van der Waals surface area contributed by atoms with E-state index in [2.05, 4.69) is 135 Å². The molecule has 1 heteroatoms. The number of hydrogen-bond acceptors (Lipinski definition) is 1. The molecule has 1 aliphatic carbocycles. The minimum absolute atomic E-state index is 0.957. The van der Waals surface area contributed by atoms with Crippen LogP contribution in [0.25, 0.3) is 82.4 Å². The number of fused-ring (bicyclic) bond motifs is 8. The van der Waals surface area contributed by atoms with Gasteiger partial charge in [0.15, 0.2) is 0 Å². The van der Waals surface area contributed by atoms with E-state index in [-0.39, 0.29) is 0 Å². The Morgan fingerprint density at radius 2 is 1.26 bits per heavy atom. The van der Waals surface area contributed by atoms with Crippen molar-refractivity contribution in [3.05, 3.63) is 138 Å². The highest BCUT2D eigenvalue weighted by atomic mass is 16.3. The fourth-order valence-electron chi connectivity index (χ4n) is 7.70. The van der Waals surface area contributed by atoms with Gasteiger partial charge in [0.2, 0.25) is 0 Å². The minimum atomic E-state index is 0.957. The number of rotatable bonds is 2. The molecule has 7 aromatic carbocycles. The zero-order valence-corrected chi connectivity index (χ0v) is 24.4. The standard InChI is InChI=1S/C42H30O/c1-25-13-12-16-28-23-34(35-24-36-29-17-10-11-22-37(29)43-42(36)26(2)39(35)38(25)28)41-32-20-8-6-18-30(32)40(27-14-4-3-5-15-27)31-19-7-9-21-33(31)41/h3-10,12-21,23-24H,11,22H2,1-2H3. The Morgan fingerprint density at radius 1 is 0.581 bits per heavy atom. The summed E-state index contributed by atoms with van der Waals surface area (Å²) in [6.07, 6.45) is 6.54. The van der Waals surface area contributed by atoms with E-state index in [1.165, 1.54) is 87.4 Å². The van der Waals surface area contributed by atoms with Crippen LogP contribution in [0.2, 0.25) is 0 Å². The summed E-state index contributed by atoms with van der Waals surface area (Å²) < 4.78 is 6.62. The average molecular weight is 551 g/mol. The lowest BCUT2D eigenvalue weighted by Crippen LogP contribution is -1.94. The molecule has 204 valence electrons. The zero-order valence-electron chi connectivity index (χ0n) is 24.4. The monoisotopic (exact) mass is 550 g/mol. The van der Waals surface area contributed by atoms with Crippen molar-refractivity contribution in [2.45, 2.75) is 26.7 Å². The first-order chi connectivity index (χ1) is 21.2. The lowest BCUT2D eigenvalue weighted by atomic mass is 9.82. The van der Waals surface area contributed by atoms with Crippen LogP contribution in [0.5, 0.6) is 0 Å². The molecular weight excluding hydrogens is 520 g/mol. The molecule has 9 rings (SSSR count). The number of aryl methyl sites for hydroxylation is 3. The van der Waals surface area contributed by atoms with Gasteiger partial charge < -0.3 is 4.42 Å². The molecule has 8 aromatic rings. The molecule has 1 nitrogen and oxygen atoms in total. The van der Waals surface area contributed by atoms with E-state index in [0.29, 0.717) is 0 Å². The third-order valence-corrected chi connectivity index (χ3v) is 9.56. The van der Waals surface area contributed by atoms with E-state index in [4.69, 9.17) is 4.42 Å². The quantitative estimate of drug-likeness (QED) is 0.154. The molecule has 0 saturated carbocycles. The SMILES string of the molecule is Cc1cccc2cc(-c3c4ccccc4c(-c4ccccc4)c4ccccc34)c3cc4c5c(oc4c(C)c3c12)CCC=C5. The van der Waals surface area contributed by atoms with Crippen molar-refractivity contribution < 1.29 is 4.42 Å². The highest BCUT2D eigenvalue weighted by Crippen LogP contribution is 2.49. The van der Waals surface area contributed by atoms with E-state index in [0.717, 1.165) is 24.2 Å². The van der Waals surface area contributed by atoms with Crippen LogP contribution in [-0.2, 0) is 6.42 Å². The van der Waals surface area contributed by atoms with Crippen LogP contribution in [0.3, 0.4) is 0 Å². The summed E-state index contributed by atoms with van der Waals surface area (Å²) in [5, 5.41) is 11.5. The van der Waals surface area contributed by atoms with Crippen molar-refractivity contribution in [1.82, 2.24) is 0 Å². The molecule has 0 atom stereocenters. The van der Waals surface area contributed by atoms with Crippen LogP contribution < -0.4 is 0 Å². The lowest BCUT2D eigenvalue weighted by Gasteiger charge is -2.20. The van der Waals surface area contributed by atoms with E-state index < -0.39 is 0 Å². The minimum Gasteiger partial charge on any atom is -0.460 e. The Hall–Kier alpha value is -5.14. The van der Waals surface area contributed by atoms with Crippen molar-refractivity contribution in [3.63, 3.8) is 0 Å². The summed E-state index contributed by atoms with van der Waals surface area (Å²) in [7, 11) is 0. The van der Waals surface area contributed by atoms with Crippen molar-refractivity contribution in [2.75, 3.05) is 0 Å². The van der Waals surface area contributed by atoms with Gasteiger partial charge in [-0.15, -0.1) is 0 Å². The molecule has 0 fully saturated rings.